The molecule has 0 atom stereocenters. The van der Waals surface area contributed by atoms with Crippen molar-refractivity contribution < 1.29 is 4.79 Å². The molecular formula is C16H14N4O. The van der Waals surface area contributed by atoms with Crippen LogP contribution in [-0.4, -0.2) is 16.6 Å². The van der Waals surface area contributed by atoms with Crippen molar-refractivity contribution in [2.45, 2.75) is 0 Å². The first-order valence-electron chi connectivity index (χ1n) is 6.50. The van der Waals surface area contributed by atoms with Crippen LogP contribution in [0.25, 0.3) is 16.6 Å². The number of benzene rings is 1. The average Bonchev–Trinajstić information content (AvgIpc) is 2.87. The quantitative estimate of drug-likeness (QED) is 0.561. The van der Waals surface area contributed by atoms with E-state index in [1.54, 1.807) is 6.21 Å². The minimum Gasteiger partial charge on any atom is -0.350 e. The van der Waals surface area contributed by atoms with E-state index in [1.807, 2.05) is 59.1 Å². The Morgan fingerprint density at radius 3 is 2.67 bits per heavy atom. The van der Waals surface area contributed by atoms with E-state index in [-0.39, 0.29) is 0 Å². The normalized spacial score (nSPS) is 11.0. The van der Waals surface area contributed by atoms with Crippen molar-refractivity contribution in [3.8, 4) is 11.1 Å². The Morgan fingerprint density at radius 2 is 1.90 bits per heavy atom. The van der Waals surface area contributed by atoms with Gasteiger partial charge in [-0.25, -0.2) is 10.2 Å². The molecule has 0 fully saturated rings. The van der Waals surface area contributed by atoms with Gasteiger partial charge in [0.05, 0.1) is 11.9 Å². The summed E-state index contributed by atoms with van der Waals surface area (Å²) in [6.07, 6.45) is 3.55. The molecule has 3 rings (SSSR count). The fourth-order valence-corrected chi connectivity index (χ4v) is 2.28. The van der Waals surface area contributed by atoms with E-state index in [0.29, 0.717) is 0 Å². The van der Waals surface area contributed by atoms with Gasteiger partial charge >= 0.3 is 6.03 Å². The van der Waals surface area contributed by atoms with Crippen LogP contribution in [0.2, 0.25) is 0 Å². The van der Waals surface area contributed by atoms with E-state index in [0.717, 1.165) is 22.3 Å². The number of hydrogen-bond acceptors (Lipinski definition) is 2. The third kappa shape index (κ3) is 2.62. The van der Waals surface area contributed by atoms with Crippen molar-refractivity contribution in [3.63, 3.8) is 0 Å². The molecule has 104 valence electrons. The van der Waals surface area contributed by atoms with Gasteiger partial charge in [0.25, 0.3) is 0 Å². The van der Waals surface area contributed by atoms with Crippen LogP contribution in [0.15, 0.2) is 65.9 Å². The highest BCUT2D eigenvalue weighted by Crippen LogP contribution is 2.26. The number of fused-ring (bicyclic) bond motifs is 1. The van der Waals surface area contributed by atoms with E-state index < -0.39 is 6.03 Å². The van der Waals surface area contributed by atoms with Gasteiger partial charge in [0, 0.05) is 17.3 Å². The van der Waals surface area contributed by atoms with Crippen molar-refractivity contribution in [2.75, 3.05) is 0 Å². The molecule has 0 aliphatic heterocycles. The van der Waals surface area contributed by atoms with Gasteiger partial charge in [0.2, 0.25) is 0 Å². The molecule has 0 saturated heterocycles. The van der Waals surface area contributed by atoms with Crippen molar-refractivity contribution in [2.24, 2.45) is 10.8 Å². The zero-order chi connectivity index (χ0) is 14.7. The van der Waals surface area contributed by atoms with Gasteiger partial charge in [0.15, 0.2) is 0 Å². The molecule has 5 nitrogen and oxygen atoms in total. The first-order chi connectivity index (χ1) is 10.3. The number of nitrogens with zero attached hydrogens (tertiary/aromatic N) is 2. The Balaban J connectivity index is 2.14. The fourth-order valence-electron chi connectivity index (χ4n) is 2.28. The van der Waals surface area contributed by atoms with E-state index in [1.165, 1.54) is 0 Å². The molecule has 0 aliphatic rings. The molecule has 3 N–H and O–H groups in total. The number of carbonyl (C=O) groups excluding carboxylic acids is 1. The van der Waals surface area contributed by atoms with E-state index in [4.69, 9.17) is 5.73 Å². The van der Waals surface area contributed by atoms with Crippen molar-refractivity contribution in [1.82, 2.24) is 9.83 Å². The molecule has 0 bridgehead atoms. The predicted octanol–water partition coefficient (Wildman–Crippen LogP) is 2.61. The first kappa shape index (κ1) is 12.9. The molecule has 0 aliphatic carbocycles. The second-order valence-corrected chi connectivity index (χ2v) is 4.54. The lowest BCUT2D eigenvalue weighted by atomic mass is 10.1. The molecule has 0 spiro atoms. The zero-order valence-electron chi connectivity index (χ0n) is 11.2. The van der Waals surface area contributed by atoms with E-state index in [9.17, 15) is 4.79 Å². The number of urea groups is 1. The summed E-state index contributed by atoms with van der Waals surface area (Å²) in [5.41, 5.74) is 11.3. The second kappa shape index (κ2) is 5.50. The van der Waals surface area contributed by atoms with Gasteiger partial charge in [0.1, 0.15) is 0 Å². The second-order valence-electron chi connectivity index (χ2n) is 4.54. The predicted molar refractivity (Wildman–Crippen MR) is 83.1 cm³/mol. The Kier molecular flexibility index (Phi) is 3.39. The molecule has 0 unspecified atom stereocenters. The third-order valence-electron chi connectivity index (χ3n) is 3.17. The standard InChI is InChI=1S/C16H14N4O/c17-16(21)19-18-11-15-14(12-6-2-1-3-7-12)10-13-8-4-5-9-20(13)15/h1-11H,(H3,17,19,21)/b18-11+. The number of nitrogens with two attached hydrogens (primary N) is 1. The summed E-state index contributed by atoms with van der Waals surface area (Å²) in [6, 6.07) is 17.4. The summed E-state index contributed by atoms with van der Waals surface area (Å²) >= 11 is 0. The molecule has 2 heterocycles. The Labute approximate surface area is 121 Å². The highest BCUT2D eigenvalue weighted by molar-refractivity contribution is 5.92. The first-order valence-corrected chi connectivity index (χ1v) is 6.50. The number of nitrogens with one attached hydrogen (secondary N) is 1. The molecule has 2 aromatic heterocycles. The highest BCUT2D eigenvalue weighted by Gasteiger charge is 2.09. The van der Waals surface area contributed by atoms with E-state index >= 15 is 0 Å². The number of carbonyl (C=O) groups is 1. The molecule has 3 aromatic rings. The van der Waals surface area contributed by atoms with Gasteiger partial charge in [-0.1, -0.05) is 36.4 Å². The van der Waals surface area contributed by atoms with Gasteiger partial charge < -0.3 is 10.1 Å². The van der Waals surface area contributed by atoms with Crippen LogP contribution in [0.1, 0.15) is 5.69 Å². The molecule has 21 heavy (non-hydrogen) atoms. The molecule has 0 radical (unpaired) electrons. The smallest absolute Gasteiger partial charge is 0.332 e. The SMILES string of the molecule is NC(=O)N/N=C/c1c(-c2ccccc2)cc2ccccn12. The van der Waals surface area contributed by atoms with Gasteiger partial charge in [-0.05, 0) is 23.8 Å². The number of aromatic nitrogens is 1. The number of rotatable bonds is 3. The lowest BCUT2D eigenvalue weighted by Crippen LogP contribution is -2.24. The maximum absolute atomic E-state index is 10.7. The minimum absolute atomic E-state index is 0.687. The molecule has 2 amide bonds. The lowest BCUT2D eigenvalue weighted by Gasteiger charge is -2.02. The molecular weight excluding hydrogens is 264 g/mol. The number of amides is 2. The van der Waals surface area contributed by atoms with Crippen LogP contribution >= 0.6 is 0 Å². The number of hydrogen-bond donors (Lipinski definition) is 2. The largest absolute Gasteiger partial charge is 0.350 e. The summed E-state index contributed by atoms with van der Waals surface area (Å²) < 4.78 is 2.01. The summed E-state index contributed by atoms with van der Waals surface area (Å²) in [5.74, 6) is 0. The lowest BCUT2D eigenvalue weighted by molar-refractivity contribution is 0.249. The molecule has 1 aromatic carbocycles. The zero-order valence-corrected chi connectivity index (χ0v) is 11.2. The van der Waals surface area contributed by atoms with Crippen LogP contribution in [0.3, 0.4) is 0 Å². The monoisotopic (exact) mass is 278 g/mol. The van der Waals surface area contributed by atoms with Gasteiger partial charge in [-0.15, -0.1) is 0 Å². The van der Waals surface area contributed by atoms with Crippen LogP contribution in [0.4, 0.5) is 4.79 Å². The number of hydrazone groups is 1. The molecule has 0 saturated carbocycles. The Hall–Kier alpha value is -3.08. The van der Waals surface area contributed by atoms with Crippen molar-refractivity contribution >= 4 is 17.8 Å². The number of pyridine rings is 1. The topological polar surface area (TPSA) is 71.9 Å². The van der Waals surface area contributed by atoms with Crippen molar-refractivity contribution in [3.05, 3.63) is 66.5 Å². The van der Waals surface area contributed by atoms with Gasteiger partial charge in [-0.2, -0.15) is 5.10 Å². The Bertz CT molecular complexity index is 806. The summed E-state index contributed by atoms with van der Waals surface area (Å²) in [6.45, 7) is 0. The third-order valence-corrected chi connectivity index (χ3v) is 3.17. The maximum Gasteiger partial charge on any atom is 0.332 e. The maximum atomic E-state index is 10.7. The van der Waals surface area contributed by atoms with E-state index in [2.05, 4.69) is 16.6 Å². The molecule has 5 heteroatoms. The summed E-state index contributed by atoms with van der Waals surface area (Å²) in [5, 5.41) is 3.88. The van der Waals surface area contributed by atoms with Crippen LogP contribution < -0.4 is 11.2 Å². The summed E-state index contributed by atoms with van der Waals surface area (Å²) in [4.78, 5) is 10.7. The average molecular weight is 278 g/mol. The highest BCUT2D eigenvalue weighted by atomic mass is 16.2. The van der Waals surface area contributed by atoms with Crippen LogP contribution in [0, 0.1) is 0 Å². The minimum atomic E-state index is -0.687. The number of primary amides is 1. The van der Waals surface area contributed by atoms with Gasteiger partial charge in [-0.3, -0.25) is 0 Å². The summed E-state index contributed by atoms with van der Waals surface area (Å²) in [7, 11) is 0. The fraction of sp³-hybridized carbons (Fsp3) is 0. The van der Waals surface area contributed by atoms with Crippen LogP contribution in [0.5, 0.6) is 0 Å². The van der Waals surface area contributed by atoms with Crippen LogP contribution in [-0.2, 0) is 0 Å². The van der Waals surface area contributed by atoms with Crippen molar-refractivity contribution in [1.29, 1.82) is 0 Å². The Morgan fingerprint density at radius 1 is 1.14 bits per heavy atom.